The highest BCUT2D eigenvalue weighted by Gasteiger charge is 2.51. The van der Waals surface area contributed by atoms with Crippen molar-refractivity contribution in [1.29, 1.82) is 0 Å². The zero-order valence-corrected chi connectivity index (χ0v) is 7.21. The van der Waals surface area contributed by atoms with Gasteiger partial charge in [-0.05, 0) is 13.3 Å². The SMILES string of the molecule is CCOC(=O)N1CC[C@@]2(CO2)C1. The van der Waals surface area contributed by atoms with Crippen LogP contribution in [0, 0.1) is 0 Å². The molecule has 2 aliphatic rings. The lowest BCUT2D eigenvalue weighted by Gasteiger charge is -2.13. The van der Waals surface area contributed by atoms with Crippen LogP contribution < -0.4 is 0 Å². The molecular formula is C8H13NO3. The maximum Gasteiger partial charge on any atom is 0.409 e. The normalized spacial score (nSPS) is 32.6. The first kappa shape index (κ1) is 7.86. The van der Waals surface area contributed by atoms with Crippen molar-refractivity contribution in [3.05, 3.63) is 0 Å². The Balaban J connectivity index is 1.86. The summed E-state index contributed by atoms with van der Waals surface area (Å²) >= 11 is 0. The number of rotatable bonds is 1. The van der Waals surface area contributed by atoms with Crippen LogP contribution in [0.4, 0.5) is 4.79 Å². The molecule has 1 spiro atoms. The molecule has 0 N–H and O–H groups in total. The molecule has 0 aromatic heterocycles. The molecule has 2 saturated heterocycles. The van der Waals surface area contributed by atoms with Crippen LogP contribution in [-0.4, -0.2) is 42.9 Å². The number of hydrogen-bond acceptors (Lipinski definition) is 3. The maximum absolute atomic E-state index is 11.2. The smallest absolute Gasteiger partial charge is 0.409 e. The summed E-state index contributed by atoms with van der Waals surface area (Å²) in [6.45, 7) is 4.56. The zero-order valence-electron chi connectivity index (χ0n) is 7.21. The molecule has 1 atom stereocenters. The molecular weight excluding hydrogens is 158 g/mol. The molecule has 0 unspecified atom stereocenters. The third-order valence-corrected chi connectivity index (χ3v) is 2.39. The second-order valence-corrected chi connectivity index (χ2v) is 3.34. The Morgan fingerprint density at radius 3 is 3.00 bits per heavy atom. The van der Waals surface area contributed by atoms with Crippen molar-refractivity contribution in [1.82, 2.24) is 4.90 Å². The second-order valence-electron chi connectivity index (χ2n) is 3.34. The lowest BCUT2D eigenvalue weighted by Crippen LogP contribution is -2.30. The highest BCUT2D eigenvalue weighted by Crippen LogP contribution is 2.36. The van der Waals surface area contributed by atoms with E-state index in [4.69, 9.17) is 9.47 Å². The van der Waals surface area contributed by atoms with Gasteiger partial charge in [0.25, 0.3) is 0 Å². The van der Waals surface area contributed by atoms with Gasteiger partial charge >= 0.3 is 6.09 Å². The van der Waals surface area contributed by atoms with E-state index >= 15 is 0 Å². The molecule has 2 rings (SSSR count). The zero-order chi connectivity index (χ0) is 8.60. The van der Waals surface area contributed by atoms with Gasteiger partial charge in [-0.3, -0.25) is 0 Å². The van der Waals surface area contributed by atoms with Crippen molar-refractivity contribution >= 4 is 6.09 Å². The van der Waals surface area contributed by atoms with Gasteiger partial charge < -0.3 is 14.4 Å². The molecule has 0 aromatic carbocycles. The summed E-state index contributed by atoms with van der Waals surface area (Å²) in [6, 6.07) is 0. The fourth-order valence-corrected chi connectivity index (χ4v) is 1.55. The van der Waals surface area contributed by atoms with Crippen molar-refractivity contribution in [3.63, 3.8) is 0 Å². The van der Waals surface area contributed by atoms with Crippen LogP contribution in [0.25, 0.3) is 0 Å². The largest absolute Gasteiger partial charge is 0.450 e. The minimum Gasteiger partial charge on any atom is -0.450 e. The summed E-state index contributed by atoms with van der Waals surface area (Å²) in [5.41, 5.74) is 0.0206. The van der Waals surface area contributed by atoms with Crippen LogP contribution in [-0.2, 0) is 9.47 Å². The average Bonchev–Trinajstić information content (AvgIpc) is 2.62. The van der Waals surface area contributed by atoms with E-state index in [1.54, 1.807) is 4.90 Å². The van der Waals surface area contributed by atoms with E-state index in [0.29, 0.717) is 13.2 Å². The average molecular weight is 171 g/mol. The Kier molecular flexibility index (Phi) is 1.72. The molecule has 2 fully saturated rings. The fourth-order valence-electron chi connectivity index (χ4n) is 1.55. The first-order valence-electron chi connectivity index (χ1n) is 4.31. The van der Waals surface area contributed by atoms with E-state index in [9.17, 15) is 4.79 Å². The molecule has 0 aromatic rings. The van der Waals surface area contributed by atoms with Crippen molar-refractivity contribution in [3.8, 4) is 0 Å². The molecule has 4 nitrogen and oxygen atoms in total. The van der Waals surface area contributed by atoms with Crippen LogP contribution in [0.3, 0.4) is 0 Å². The van der Waals surface area contributed by atoms with Crippen LogP contribution >= 0.6 is 0 Å². The first-order chi connectivity index (χ1) is 5.76. The number of ether oxygens (including phenoxy) is 2. The van der Waals surface area contributed by atoms with Gasteiger partial charge in [-0.25, -0.2) is 4.79 Å². The topological polar surface area (TPSA) is 42.1 Å². The van der Waals surface area contributed by atoms with Gasteiger partial charge in [-0.2, -0.15) is 0 Å². The minimum absolute atomic E-state index is 0.0206. The van der Waals surface area contributed by atoms with Crippen molar-refractivity contribution in [2.45, 2.75) is 18.9 Å². The van der Waals surface area contributed by atoms with E-state index < -0.39 is 0 Å². The molecule has 0 bridgehead atoms. The number of epoxide rings is 1. The molecule has 0 saturated carbocycles. The van der Waals surface area contributed by atoms with Gasteiger partial charge in [0, 0.05) is 6.54 Å². The molecule has 68 valence electrons. The van der Waals surface area contributed by atoms with Gasteiger partial charge in [0.05, 0.1) is 19.8 Å². The number of carbonyl (C=O) groups is 1. The number of carbonyl (C=O) groups excluding carboxylic acids is 1. The number of nitrogens with zero attached hydrogens (tertiary/aromatic N) is 1. The predicted molar refractivity (Wildman–Crippen MR) is 41.9 cm³/mol. The van der Waals surface area contributed by atoms with E-state index in [1.807, 2.05) is 6.92 Å². The van der Waals surface area contributed by atoms with Crippen LogP contribution in [0.5, 0.6) is 0 Å². The van der Waals surface area contributed by atoms with Gasteiger partial charge in [0.2, 0.25) is 0 Å². The summed E-state index contributed by atoms with van der Waals surface area (Å²) in [7, 11) is 0. The van der Waals surface area contributed by atoms with Crippen molar-refractivity contribution in [2.24, 2.45) is 0 Å². The second kappa shape index (κ2) is 2.62. The van der Waals surface area contributed by atoms with Gasteiger partial charge in [0.1, 0.15) is 5.60 Å². The van der Waals surface area contributed by atoms with E-state index in [-0.39, 0.29) is 11.7 Å². The molecule has 2 heterocycles. The highest BCUT2D eigenvalue weighted by molar-refractivity contribution is 5.68. The molecule has 4 heteroatoms. The third-order valence-electron chi connectivity index (χ3n) is 2.39. The lowest BCUT2D eigenvalue weighted by atomic mass is 10.1. The summed E-state index contributed by atoms with van der Waals surface area (Å²) < 4.78 is 10.1. The number of likely N-dealkylation sites (tertiary alicyclic amines) is 1. The maximum atomic E-state index is 11.2. The minimum atomic E-state index is -0.204. The molecule has 2 aliphatic heterocycles. The summed E-state index contributed by atoms with van der Waals surface area (Å²) in [5.74, 6) is 0. The van der Waals surface area contributed by atoms with Gasteiger partial charge in [0.15, 0.2) is 0 Å². The fraction of sp³-hybridized carbons (Fsp3) is 0.875. The predicted octanol–water partition coefficient (Wildman–Crippen LogP) is 0.618. The monoisotopic (exact) mass is 171 g/mol. The van der Waals surface area contributed by atoms with Crippen LogP contribution in [0.15, 0.2) is 0 Å². The third kappa shape index (κ3) is 1.27. The van der Waals surface area contributed by atoms with E-state index in [1.165, 1.54) is 0 Å². The van der Waals surface area contributed by atoms with Crippen molar-refractivity contribution in [2.75, 3.05) is 26.3 Å². The highest BCUT2D eigenvalue weighted by atomic mass is 16.6. The standard InChI is InChI=1S/C8H13NO3/c1-2-11-7(10)9-4-3-8(5-9)6-12-8/h2-6H2,1H3/t8-/m0/s1. The Bertz CT molecular complexity index is 200. The van der Waals surface area contributed by atoms with Crippen LogP contribution in [0.1, 0.15) is 13.3 Å². The van der Waals surface area contributed by atoms with E-state index in [0.717, 1.165) is 19.6 Å². The molecule has 1 amide bonds. The van der Waals surface area contributed by atoms with Gasteiger partial charge in [-0.15, -0.1) is 0 Å². The summed E-state index contributed by atoms with van der Waals surface area (Å²) in [4.78, 5) is 12.9. The molecule has 0 aliphatic carbocycles. The first-order valence-corrected chi connectivity index (χ1v) is 4.31. The Labute approximate surface area is 71.4 Å². The Morgan fingerprint density at radius 2 is 2.50 bits per heavy atom. The lowest BCUT2D eigenvalue weighted by molar-refractivity contribution is 0.113. The van der Waals surface area contributed by atoms with E-state index in [2.05, 4.69) is 0 Å². The Hall–Kier alpha value is -0.770. The number of amides is 1. The quantitative estimate of drug-likeness (QED) is 0.543. The number of hydrogen-bond donors (Lipinski definition) is 0. The Morgan fingerprint density at radius 1 is 1.75 bits per heavy atom. The molecule has 0 radical (unpaired) electrons. The summed E-state index contributed by atoms with van der Waals surface area (Å²) in [5, 5.41) is 0. The van der Waals surface area contributed by atoms with Crippen LogP contribution in [0.2, 0.25) is 0 Å². The summed E-state index contributed by atoms with van der Waals surface area (Å²) in [6.07, 6.45) is 0.760. The van der Waals surface area contributed by atoms with Crippen molar-refractivity contribution < 1.29 is 14.3 Å². The van der Waals surface area contributed by atoms with Gasteiger partial charge in [-0.1, -0.05) is 0 Å². The molecule has 12 heavy (non-hydrogen) atoms.